The summed E-state index contributed by atoms with van der Waals surface area (Å²) in [5.74, 6) is 0. The second-order valence-corrected chi connectivity index (χ2v) is 3.55. The van der Waals surface area contributed by atoms with Crippen molar-refractivity contribution in [3.8, 4) is 0 Å². The highest BCUT2D eigenvalue weighted by Crippen LogP contribution is 2.23. The fourth-order valence-electron chi connectivity index (χ4n) is 1.50. The van der Waals surface area contributed by atoms with E-state index in [0.29, 0.717) is 0 Å². The topological polar surface area (TPSA) is 20.2 Å². The van der Waals surface area contributed by atoms with Gasteiger partial charge in [0.25, 0.3) is 0 Å². The lowest BCUT2D eigenvalue weighted by Gasteiger charge is -2.18. The van der Waals surface area contributed by atoms with Crippen molar-refractivity contribution in [2.45, 2.75) is 52.1 Å². The van der Waals surface area contributed by atoms with Gasteiger partial charge in [0, 0.05) is 5.57 Å². The van der Waals surface area contributed by atoms with E-state index >= 15 is 0 Å². The minimum Gasteiger partial charge on any atom is -0.388 e. The molecule has 1 atom stereocenters. The summed E-state index contributed by atoms with van der Waals surface area (Å²) < 4.78 is 0. The Hall–Kier alpha value is -0.520. The summed E-state index contributed by atoms with van der Waals surface area (Å²) in [6.07, 6.45) is 5.18. The normalized spacial score (nSPS) is 23.6. The molecule has 1 saturated carbocycles. The van der Waals surface area contributed by atoms with E-state index in [2.05, 4.69) is 19.6 Å². The lowest BCUT2D eigenvalue weighted by atomic mass is 9.92. The Labute approximate surface area is 74.8 Å². The first-order chi connectivity index (χ1) is 5.74. The third kappa shape index (κ3) is 2.51. The molecular weight excluding hydrogens is 148 g/mol. The van der Waals surface area contributed by atoms with Crippen LogP contribution in [0.1, 0.15) is 46.0 Å². The zero-order valence-corrected chi connectivity index (χ0v) is 8.06. The molecule has 12 heavy (non-hydrogen) atoms. The van der Waals surface area contributed by atoms with E-state index in [1.807, 2.05) is 0 Å². The van der Waals surface area contributed by atoms with Gasteiger partial charge in [-0.2, -0.15) is 0 Å². The van der Waals surface area contributed by atoms with Crippen LogP contribution in [0.4, 0.5) is 0 Å². The lowest BCUT2D eigenvalue weighted by Crippen LogP contribution is -2.14. The van der Waals surface area contributed by atoms with Crippen molar-refractivity contribution in [3.05, 3.63) is 16.9 Å². The largest absolute Gasteiger partial charge is 0.388 e. The zero-order valence-electron chi connectivity index (χ0n) is 8.06. The number of rotatable bonds is 1. The van der Waals surface area contributed by atoms with Crippen molar-refractivity contribution in [2.75, 3.05) is 0 Å². The Balaban J connectivity index is 2.77. The monoisotopic (exact) mass is 166 g/mol. The van der Waals surface area contributed by atoms with Gasteiger partial charge in [-0.05, 0) is 38.2 Å². The molecule has 1 rings (SSSR count). The third-order valence-corrected chi connectivity index (χ3v) is 2.48. The van der Waals surface area contributed by atoms with Gasteiger partial charge in [-0.1, -0.05) is 13.3 Å². The molecule has 1 N–H and O–H groups in total. The predicted octanol–water partition coefficient (Wildman–Crippen LogP) is 2.80. The number of hydrogen-bond donors (Lipinski definition) is 1. The van der Waals surface area contributed by atoms with Crippen LogP contribution in [-0.2, 0) is 0 Å². The summed E-state index contributed by atoms with van der Waals surface area (Å²) in [5.41, 5.74) is 5.68. The summed E-state index contributed by atoms with van der Waals surface area (Å²) in [6.45, 7) is 4.20. The van der Waals surface area contributed by atoms with Crippen LogP contribution in [0.3, 0.4) is 0 Å². The fourth-order valence-corrected chi connectivity index (χ4v) is 1.50. The summed E-state index contributed by atoms with van der Waals surface area (Å²) in [5, 5.41) is 9.60. The highest BCUT2D eigenvalue weighted by atomic mass is 16.3. The van der Waals surface area contributed by atoms with Crippen molar-refractivity contribution in [2.24, 2.45) is 0 Å². The van der Waals surface area contributed by atoms with Gasteiger partial charge in [-0.25, -0.2) is 0 Å². The van der Waals surface area contributed by atoms with Gasteiger partial charge in [0.2, 0.25) is 0 Å². The van der Waals surface area contributed by atoms with Gasteiger partial charge >= 0.3 is 0 Å². The Morgan fingerprint density at radius 2 is 2.33 bits per heavy atom. The predicted molar refractivity (Wildman–Crippen MR) is 51.0 cm³/mol. The van der Waals surface area contributed by atoms with Crippen LogP contribution < -0.4 is 0 Å². The maximum absolute atomic E-state index is 9.60. The van der Waals surface area contributed by atoms with E-state index in [0.717, 1.165) is 31.3 Å². The highest BCUT2D eigenvalue weighted by molar-refractivity contribution is 5.13. The number of aliphatic hydroxyl groups excluding tert-OH is 1. The Bertz CT molecular complexity index is 209. The number of aliphatic hydroxyl groups is 1. The molecule has 1 aliphatic rings. The van der Waals surface area contributed by atoms with Gasteiger partial charge in [0.15, 0.2) is 0 Å². The van der Waals surface area contributed by atoms with Crippen LogP contribution in [0.2, 0.25) is 0 Å². The minimum absolute atomic E-state index is 0.208. The molecule has 0 saturated heterocycles. The van der Waals surface area contributed by atoms with E-state index in [-0.39, 0.29) is 6.10 Å². The van der Waals surface area contributed by atoms with Crippen LogP contribution in [0, 0.1) is 0 Å². The molecule has 0 aromatic heterocycles. The quantitative estimate of drug-likeness (QED) is 0.594. The molecule has 0 radical (unpaired) electrons. The van der Waals surface area contributed by atoms with E-state index < -0.39 is 0 Å². The fraction of sp³-hybridized carbons (Fsp3) is 0.727. The second kappa shape index (κ2) is 4.49. The number of hydrogen-bond acceptors (Lipinski definition) is 1. The molecule has 1 heteroatoms. The first-order valence-corrected chi connectivity index (χ1v) is 4.87. The first kappa shape index (κ1) is 9.57. The lowest BCUT2D eigenvalue weighted by molar-refractivity contribution is 0.179. The van der Waals surface area contributed by atoms with Crippen LogP contribution in [-0.4, -0.2) is 11.2 Å². The Morgan fingerprint density at radius 1 is 1.58 bits per heavy atom. The average molecular weight is 166 g/mol. The highest BCUT2D eigenvalue weighted by Gasteiger charge is 2.14. The van der Waals surface area contributed by atoms with E-state index in [4.69, 9.17) is 0 Å². The summed E-state index contributed by atoms with van der Waals surface area (Å²) >= 11 is 0. The molecule has 1 fully saturated rings. The molecule has 0 heterocycles. The van der Waals surface area contributed by atoms with Gasteiger partial charge in [-0.15, -0.1) is 5.73 Å². The van der Waals surface area contributed by atoms with Crippen LogP contribution in [0.15, 0.2) is 16.9 Å². The minimum atomic E-state index is -0.208. The van der Waals surface area contributed by atoms with E-state index in [9.17, 15) is 5.11 Å². The molecule has 1 nitrogen and oxygen atoms in total. The smallest absolute Gasteiger partial charge is 0.0823 e. The van der Waals surface area contributed by atoms with Gasteiger partial charge in [0.05, 0.1) is 6.10 Å². The van der Waals surface area contributed by atoms with Crippen molar-refractivity contribution < 1.29 is 5.11 Å². The molecule has 0 spiro atoms. The summed E-state index contributed by atoms with van der Waals surface area (Å²) in [4.78, 5) is 0. The SMILES string of the molecule is CCC(C)=C=C1CCCCC1O. The van der Waals surface area contributed by atoms with Crippen molar-refractivity contribution >= 4 is 0 Å². The zero-order chi connectivity index (χ0) is 8.97. The molecule has 0 aromatic carbocycles. The Kier molecular flexibility index (Phi) is 3.58. The van der Waals surface area contributed by atoms with E-state index in [1.165, 1.54) is 12.0 Å². The molecule has 68 valence electrons. The molecule has 0 amide bonds. The molecule has 1 unspecified atom stereocenters. The summed E-state index contributed by atoms with van der Waals surface area (Å²) in [6, 6.07) is 0. The van der Waals surface area contributed by atoms with Gasteiger partial charge in [-0.3, -0.25) is 0 Å². The van der Waals surface area contributed by atoms with Crippen molar-refractivity contribution in [1.29, 1.82) is 0 Å². The second-order valence-electron chi connectivity index (χ2n) is 3.55. The van der Waals surface area contributed by atoms with Gasteiger partial charge in [0.1, 0.15) is 0 Å². The van der Waals surface area contributed by atoms with E-state index in [1.54, 1.807) is 0 Å². The molecule has 1 aliphatic carbocycles. The van der Waals surface area contributed by atoms with Crippen molar-refractivity contribution in [3.63, 3.8) is 0 Å². The maximum atomic E-state index is 9.60. The van der Waals surface area contributed by atoms with Gasteiger partial charge < -0.3 is 5.11 Å². The van der Waals surface area contributed by atoms with Crippen LogP contribution >= 0.6 is 0 Å². The standard InChI is InChI=1S/C11H18O/c1-3-9(2)8-10-6-4-5-7-11(10)12/h11-12H,3-7H2,1-2H3. The summed E-state index contributed by atoms with van der Waals surface area (Å²) in [7, 11) is 0. The molecule has 0 aliphatic heterocycles. The maximum Gasteiger partial charge on any atom is 0.0823 e. The Morgan fingerprint density at radius 3 is 2.92 bits per heavy atom. The third-order valence-electron chi connectivity index (χ3n) is 2.48. The van der Waals surface area contributed by atoms with Crippen LogP contribution in [0.5, 0.6) is 0 Å². The first-order valence-electron chi connectivity index (χ1n) is 4.87. The molecular formula is C11H18O. The van der Waals surface area contributed by atoms with Crippen molar-refractivity contribution in [1.82, 2.24) is 0 Å². The average Bonchev–Trinajstić information content (AvgIpc) is 2.09. The molecule has 0 bridgehead atoms. The van der Waals surface area contributed by atoms with Crippen LogP contribution in [0.25, 0.3) is 0 Å². The molecule has 0 aromatic rings.